The van der Waals surface area contributed by atoms with Crippen molar-refractivity contribution in [2.75, 3.05) is 7.05 Å². The van der Waals surface area contributed by atoms with Gasteiger partial charge in [-0.1, -0.05) is 0 Å². The number of rotatable bonds is 4. The minimum Gasteiger partial charge on any atom is -0.298 e. The molecule has 84 valence electrons. The van der Waals surface area contributed by atoms with Crippen LogP contribution in [0.2, 0.25) is 0 Å². The van der Waals surface area contributed by atoms with Gasteiger partial charge in [-0.05, 0) is 49.7 Å². The fourth-order valence-corrected chi connectivity index (χ4v) is 2.31. The van der Waals surface area contributed by atoms with E-state index < -0.39 is 0 Å². The zero-order chi connectivity index (χ0) is 11.0. The molecule has 0 bridgehead atoms. The van der Waals surface area contributed by atoms with Gasteiger partial charge < -0.3 is 0 Å². The highest BCUT2D eigenvalue weighted by Crippen LogP contribution is 2.29. The Morgan fingerprint density at radius 3 is 2.73 bits per heavy atom. The third-order valence-corrected chi connectivity index (χ3v) is 4.05. The Balaban J connectivity index is 2.17. The quantitative estimate of drug-likeness (QED) is 0.840. The van der Waals surface area contributed by atoms with E-state index >= 15 is 0 Å². The summed E-state index contributed by atoms with van der Waals surface area (Å²) in [5.74, 6) is 0. The lowest BCUT2D eigenvalue weighted by atomic mass is 10.3. The van der Waals surface area contributed by atoms with Crippen LogP contribution in [0.5, 0.6) is 0 Å². The van der Waals surface area contributed by atoms with Gasteiger partial charge in [0.1, 0.15) is 0 Å². The van der Waals surface area contributed by atoms with Crippen molar-refractivity contribution >= 4 is 15.9 Å². The normalized spacial score (nSPS) is 16.3. The number of hydrogen-bond donors (Lipinski definition) is 0. The summed E-state index contributed by atoms with van der Waals surface area (Å²) in [4.78, 5) is 2.42. The number of halogens is 1. The van der Waals surface area contributed by atoms with E-state index in [1.807, 2.05) is 0 Å². The summed E-state index contributed by atoms with van der Waals surface area (Å²) in [6, 6.07) is 0.803. The van der Waals surface area contributed by atoms with Crippen molar-refractivity contribution in [1.29, 1.82) is 0 Å². The van der Waals surface area contributed by atoms with Crippen LogP contribution in [0.3, 0.4) is 0 Å². The first-order chi connectivity index (χ1) is 7.13. The van der Waals surface area contributed by atoms with E-state index in [0.29, 0.717) is 0 Å². The van der Waals surface area contributed by atoms with E-state index in [1.54, 1.807) is 0 Å². The molecule has 3 nitrogen and oxygen atoms in total. The van der Waals surface area contributed by atoms with Gasteiger partial charge in [-0.25, -0.2) is 0 Å². The zero-order valence-corrected chi connectivity index (χ0v) is 11.2. The van der Waals surface area contributed by atoms with Gasteiger partial charge in [0, 0.05) is 19.1 Å². The second kappa shape index (κ2) is 4.26. The second-order valence-electron chi connectivity index (χ2n) is 4.31. The van der Waals surface area contributed by atoms with E-state index in [9.17, 15) is 0 Å². The van der Waals surface area contributed by atoms with Crippen LogP contribution in [-0.4, -0.2) is 27.8 Å². The molecule has 0 aromatic carbocycles. The smallest absolute Gasteiger partial charge is 0.0739 e. The van der Waals surface area contributed by atoms with Gasteiger partial charge in [0.25, 0.3) is 0 Å². The zero-order valence-electron chi connectivity index (χ0n) is 9.63. The summed E-state index contributed by atoms with van der Waals surface area (Å²) in [6.45, 7) is 6.14. The molecular formula is C11H18BrN3. The highest BCUT2D eigenvalue weighted by Gasteiger charge is 2.27. The van der Waals surface area contributed by atoms with E-state index in [4.69, 9.17) is 0 Å². The first-order valence-electron chi connectivity index (χ1n) is 5.55. The average Bonchev–Trinajstić information content (AvgIpc) is 3.01. The van der Waals surface area contributed by atoms with Gasteiger partial charge in [-0.15, -0.1) is 0 Å². The first-order valence-corrected chi connectivity index (χ1v) is 6.34. The van der Waals surface area contributed by atoms with Gasteiger partial charge in [0.15, 0.2) is 0 Å². The molecule has 0 radical (unpaired) electrons. The molecule has 15 heavy (non-hydrogen) atoms. The SMILES string of the molecule is CCn1nc(C)c(Br)c1CN(C)C1CC1. The lowest BCUT2D eigenvalue weighted by molar-refractivity contribution is 0.304. The fourth-order valence-electron chi connectivity index (χ4n) is 1.90. The lowest BCUT2D eigenvalue weighted by Crippen LogP contribution is -2.22. The van der Waals surface area contributed by atoms with Gasteiger partial charge in [-0.3, -0.25) is 9.58 Å². The Kier molecular flexibility index (Phi) is 3.16. The molecule has 1 heterocycles. The summed E-state index contributed by atoms with van der Waals surface area (Å²) in [7, 11) is 2.20. The van der Waals surface area contributed by atoms with Gasteiger partial charge >= 0.3 is 0 Å². The molecule has 2 rings (SSSR count). The Morgan fingerprint density at radius 1 is 1.53 bits per heavy atom. The molecule has 0 saturated heterocycles. The topological polar surface area (TPSA) is 21.1 Å². The predicted octanol–water partition coefficient (Wildman–Crippen LogP) is 2.57. The fraction of sp³-hybridized carbons (Fsp3) is 0.727. The standard InChI is InChI=1S/C11H18BrN3/c1-4-15-10(11(12)8(2)13-15)7-14(3)9-5-6-9/h9H,4-7H2,1-3H3. The number of aromatic nitrogens is 2. The highest BCUT2D eigenvalue weighted by molar-refractivity contribution is 9.10. The number of nitrogens with zero attached hydrogens (tertiary/aromatic N) is 3. The van der Waals surface area contributed by atoms with E-state index in [2.05, 4.69) is 51.5 Å². The van der Waals surface area contributed by atoms with Crippen LogP contribution in [-0.2, 0) is 13.1 Å². The third-order valence-electron chi connectivity index (χ3n) is 3.02. The maximum atomic E-state index is 4.50. The van der Waals surface area contributed by atoms with E-state index in [0.717, 1.165) is 24.8 Å². The van der Waals surface area contributed by atoms with Gasteiger partial charge in [0.2, 0.25) is 0 Å². The second-order valence-corrected chi connectivity index (χ2v) is 5.10. The highest BCUT2D eigenvalue weighted by atomic mass is 79.9. The van der Waals surface area contributed by atoms with Crippen molar-refractivity contribution < 1.29 is 0 Å². The van der Waals surface area contributed by atoms with Crippen LogP contribution in [0.15, 0.2) is 4.47 Å². The Hall–Kier alpha value is -0.350. The van der Waals surface area contributed by atoms with Crippen molar-refractivity contribution in [3.63, 3.8) is 0 Å². The molecule has 1 aliphatic rings. The molecule has 0 atom stereocenters. The minimum absolute atomic E-state index is 0.803. The summed E-state index contributed by atoms with van der Waals surface area (Å²) < 4.78 is 3.27. The lowest BCUT2D eigenvalue weighted by Gasteiger charge is -2.16. The van der Waals surface area contributed by atoms with E-state index in [-0.39, 0.29) is 0 Å². The average molecular weight is 272 g/mol. The van der Waals surface area contributed by atoms with Crippen LogP contribution in [0, 0.1) is 6.92 Å². The number of hydrogen-bond acceptors (Lipinski definition) is 2. The predicted molar refractivity (Wildman–Crippen MR) is 64.8 cm³/mol. The van der Waals surface area contributed by atoms with Crippen LogP contribution in [0.4, 0.5) is 0 Å². The molecule has 1 saturated carbocycles. The van der Waals surface area contributed by atoms with Crippen molar-refractivity contribution in [2.24, 2.45) is 0 Å². The van der Waals surface area contributed by atoms with E-state index in [1.165, 1.54) is 23.0 Å². The molecule has 4 heteroatoms. The van der Waals surface area contributed by atoms with Gasteiger partial charge in [0.05, 0.1) is 15.9 Å². The monoisotopic (exact) mass is 271 g/mol. The summed E-state index contributed by atoms with van der Waals surface area (Å²) >= 11 is 3.63. The molecular weight excluding hydrogens is 254 g/mol. The summed E-state index contributed by atoms with van der Waals surface area (Å²) in [6.07, 6.45) is 2.71. The number of aryl methyl sites for hydroxylation is 2. The molecule has 0 N–H and O–H groups in total. The Labute approximate surface area is 99.6 Å². The van der Waals surface area contributed by atoms with Crippen molar-refractivity contribution in [3.8, 4) is 0 Å². The molecule has 0 unspecified atom stereocenters. The van der Waals surface area contributed by atoms with Crippen LogP contribution in [0.25, 0.3) is 0 Å². The maximum Gasteiger partial charge on any atom is 0.0739 e. The van der Waals surface area contributed by atoms with Crippen LogP contribution in [0.1, 0.15) is 31.2 Å². The minimum atomic E-state index is 0.803. The molecule has 1 aliphatic carbocycles. The summed E-state index contributed by atoms with van der Waals surface area (Å²) in [5, 5.41) is 4.50. The molecule has 1 aromatic rings. The third kappa shape index (κ3) is 2.26. The van der Waals surface area contributed by atoms with Crippen LogP contribution < -0.4 is 0 Å². The first kappa shape index (κ1) is 11.1. The van der Waals surface area contributed by atoms with Crippen molar-refractivity contribution in [1.82, 2.24) is 14.7 Å². The molecule has 0 amide bonds. The summed E-state index contributed by atoms with van der Waals surface area (Å²) in [5.41, 5.74) is 2.40. The van der Waals surface area contributed by atoms with Crippen LogP contribution >= 0.6 is 15.9 Å². The van der Waals surface area contributed by atoms with Gasteiger partial charge in [-0.2, -0.15) is 5.10 Å². The Bertz CT molecular complexity index is 355. The Morgan fingerprint density at radius 2 is 2.20 bits per heavy atom. The van der Waals surface area contributed by atoms with Crippen molar-refractivity contribution in [2.45, 2.75) is 45.8 Å². The maximum absolute atomic E-state index is 4.50. The molecule has 1 fully saturated rings. The van der Waals surface area contributed by atoms with Crippen molar-refractivity contribution in [3.05, 3.63) is 15.9 Å². The molecule has 0 spiro atoms. The molecule has 1 aromatic heterocycles. The largest absolute Gasteiger partial charge is 0.298 e. The molecule has 0 aliphatic heterocycles.